The molecule has 0 heteroatoms. The van der Waals surface area contributed by atoms with Gasteiger partial charge in [0.05, 0.1) is 0 Å². The molecule has 2 aliphatic rings. The van der Waals surface area contributed by atoms with Gasteiger partial charge in [-0.15, -0.1) is 0 Å². The van der Waals surface area contributed by atoms with E-state index in [9.17, 15) is 0 Å². The zero-order valence-corrected chi connectivity index (χ0v) is 13.8. The topological polar surface area (TPSA) is 0 Å². The standard InChI is InChI=1S/C18H34/c1-9-10(2)14(6)18-16(8)12(4)11(3)15(7)17(18)13(9)5/h9-18H,1-8H3. The fourth-order valence-corrected chi connectivity index (χ4v) is 5.68. The van der Waals surface area contributed by atoms with Gasteiger partial charge in [0.15, 0.2) is 0 Å². The van der Waals surface area contributed by atoms with E-state index in [-0.39, 0.29) is 0 Å². The summed E-state index contributed by atoms with van der Waals surface area (Å²) in [5, 5.41) is 0. The minimum absolute atomic E-state index is 0.900. The minimum atomic E-state index is 0.900. The maximum Gasteiger partial charge on any atom is -0.0324 e. The molecule has 0 amide bonds. The van der Waals surface area contributed by atoms with Gasteiger partial charge in [0.2, 0.25) is 0 Å². The molecule has 18 heavy (non-hydrogen) atoms. The molecule has 0 aliphatic heterocycles. The van der Waals surface area contributed by atoms with E-state index in [1.54, 1.807) is 0 Å². The van der Waals surface area contributed by atoms with Crippen LogP contribution in [-0.2, 0) is 0 Å². The van der Waals surface area contributed by atoms with Gasteiger partial charge in [0, 0.05) is 0 Å². The van der Waals surface area contributed by atoms with Crippen molar-refractivity contribution in [3.8, 4) is 0 Å². The molecule has 0 nitrogen and oxygen atoms in total. The molecule has 0 saturated heterocycles. The van der Waals surface area contributed by atoms with Crippen LogP contribution >= 0.6 is 0 Å². The predicted molar refractivity (Wildman–Crippen MR) is 80.3 cm³/mol. The molecule has 0 spiro atoms. The van der Waals surface area contributed by atoms with Crippen LogP contribution in [0.25, 0.3) is 0 Å². The molecule has 8 unspecified atom stereocenters. The molecule has 8 atom stereocenters. The van der Waals surface area contributed by atoms with Gasteiger partial charge in [-0.25, -0.2) is 0 Å². The van der Waals surface area contributed by atoms with Gasteiger partial charge < -0.3 is 0 Å². The summed E-state index contributed by atoms with van der Waals surface area (Å²) in [6.07, 6.45) is 0. The van der Waals surface area contributed by atoms with Crippen LogP contribution in [0.3, 0.4) is 0 Å². The first-order valence-electron chi connectivity index (χ1n) is 8.29. The Bertz CT molecular complexity index is 236. The first-order chi connectivity index (χ1) is 8.29. The minimum Gasteiger partial charge on any atom is -0.0620 e. The van der Waals surface area contributed by atoms with Crippen LogP contribution < -0.4 is 0 Å². The van der Waals surface area contributed by atoms with Gasteiger partial charge in [0.1, 0.15) is 0 Å². The molecule has 2 rings (SSSR count). The van der Waals surface area contributed by atoms with Gasteiger partial charge in [0.25, 0.3) is 0 Å². The first kappa shape index (κ1) is 14.4. The third-order valence-electron chi connectivity index (χ3n) is 7.85. The fraction of sp³-hybridized carbons (Fsp3) is 1.00. The lowest BCUT2D eigenvalue weighted by molar-refractivity contribution is -0.108. The SMILES string of the molecule is CC1C(C)C(C)C2C(C)C(C)C(C)C(C)C2C1C. The summed E-state index contributed by atoms with van der Waals surface area (Å²) in [6, 6.07) is 0. The Labute approximate surface area is 115 Å². The average molecular weight is 250 g/mol. The lowest BCUT2D eigenvalue weighted by atomic mass is 9.46. The summed E-state index contributed by atoms with van der Waals surface area (Å²) in [4.78, 5) is 0. The highest BCUT2D eigenvalue weighted by atomic mass is 14.6. The molecule has 0 bridgehead atoms. The van der Waals surface area contributed by atoms with Crippen molar-refractivity contribution in [2.45, 2.75) is 55.4 Å². The lowest BCUT2D eigenvalue weighted by Crippen LogP contribution is -2.53. The quantitative estimate of drug-likeness (QED) is 0.545. The summed E-state index contributed by atoms with van der Waals surface area (Å²) < 4.78 is 0. The summed E-state index contributed by atoms with van der Waals surface area (Å²) in [5.74, 6) is 9.17. The number of hydrogen-bond acceptors (Lipinski definition) is 0. The smallest absolute Gasteiger partial charge is 0.0324 e. The monoisotopic (exact) mass is 250 g/mol. The van der Waals surface area contributed by atoms with E-state index in [1.165, 1.54) is 0 Å². The Morgan fingerprint density at radius 1 is 0.278 bits per heavy atom. The van der Waals surface area contributed by atoms with E-state index < -0.39 is 0 Å². The van der Waals surface area contributed by atoms with E-state index in [1.807, 2.05) is 0 Å². The van der Waals surface area contributed by atoms with Gasteiger partial charge in [-0.05, 0) is 59.2 Å². The Morgan fingerprint density at radius 2 is 0.444 bits per heavy atom. The molecule has 0 N–H and O–H groups in total. The van der Waals surface area contributed by atoms with Crippen LogP contribution in [0.5, 0.6) is 0 Å². The average Bonchev–Trinajstić information content (AvgIpc) is 2.35. The molecule has 2 fully saturated rings. The van der Waals surface area contributed by atoms with Crippen molar-refractivity contribution < 1.29 is 0 Å². The summed E-state index contributed by atoms with van der Waals surface area (Å²) in [7, 11) is 0. The molecule has 2 saturated carbocycles. The second-order valence-electron chi connectivity index (χ2n) is 8.03. The highest BCUT2D eigenvalue weighted by Gasteiger charge is 2.52. The highest BCUT2D eigenvalue weighted by molar-refractivity contribution is 5.00. The molecule has 0 radical (unpaired) electrons. The Kier molecular flexibility index (Phi) is 3.87. The van der Waals surface area contributed by atoms with E-state index in [0.717, 1.165) is 59.2 Å². The van der Waals surface area contributed by atoms with Gasteiger partial charge in [-0.2, -0.15) is 0 Å². The van der Waals surface area contributed by atoms with Crippen LogP contribution in [0.15, 0.2) is 0 Å². The van der Waals surface area contributed by atoms with E-state index >= 15 is 0 Å². The molecular formula is C18H34. The molecule has 106 valence electrons. The van der Waals surface area contributed by atoms with Crippen molar-refractivity contribution in [3.05, 3.63) is 0 Å². The molecule has 0 aromatic rings. The second kappa shape index (κ2) is 4.84. The van der Waals surface area contributed by atoms with Gasteiger partial charge in [-0.3, -0.25) is 0 Å². The van der Waals surface area contributed by atoms with Crippen LogP contribution in [0.2, 0.25) is 0 Å². The van der Waals surface area contributed by atoms with Gasteiger partial charge in [-0.1, -0.05) is 55.4 Å². The van der Waals surface area contributed by atoms with E-state index in [0.29, 0.717) is 0 Å². The van der Waals surface area contributed by atoms with Crippen molar-refractivity contribution in [1.82, 2.24) is 0 Å². The molecule has 0 aromatic carbocycles. The highest BCUT2D eigenvalue weighted by Crippen LogP contribution is 2.57. The number of hydrogen-bond donors (Lipinski definition) is 0. The van der Waals surface area contributed by atoms with Crippen molar-refractivity contribution in [1.29, 1.82) is 0 Å². The predicted octanol–water partition coefficient (Wildman–Crippen LogP) is 5.33. The summed E-state index contributed by atoms with van der Waals surface area (Å²) in [5.41, 5.74) is 0. The number of fused-ring (bicyclic) bond motifs is 1. The number of rotatable bonds is 0. The zero-order chi connectivity index (χ0) is 13.8. The normalized spacial score (nSPS) is 61.3. The van der Waals surface area contributed by atoms with E-state index in [2.05, 4.69) is 55.4 Å². The lowest BCUT2D eigenvalue weighted by Gasteiger charge is -2.59. The van der Waals surface area contributed by atoms with Crippen molar-refractivity contribution in [2.75, 3.05) is 0 Å². The second-order valence-corrected chi connectivity index (χ2v) is 8.03. The van der Waals surface area contributed by atoms with Crippen molar-refractivity contribution in [3.63, 3.8) is 0 Å². The Morgan fingerprint density at radius 3 is 0.611 bits per heavy atom. The summed E-state index contributed by atoms with van der Waals surface area (Å²) >= 11 is 0. The van der Waals surface area contributed by atoms with Crippen molar-refractivity contribution in [2.24, 2.45) is 59.2 Å². The molecular weight excluding hydrogens is 216 g/mol. The molecule has 2 aliphatic carbocycles. The molecule has 0 aromatic heterocycles. The third-order valence-corrected chi connectivity index (χ3v) is 7.85. The van der Waals surface area contributed by atoms with Crippen LogP contribution in [0, 0.1) is 59.2 Å². The van der Waals surface area contributed by atoms with Crippen molar-refractivity contribution >= 4 is 0 Å². The Balaban J connectivity index is 2.36. The van der Waals surface area contributed by atoms with Crippen LogP contribution in [-0.4, -0.2) is 0 Å². The van der Waals surface area contributed by atoms with Crippen LogP contribution in [0.4, 0.5) is 0 Å². The maximum atomic E-state index is 2.54. The molecule has 0 heterocycles. The zero-order valence-electron chi connectivity index (χ0n) is 13.8. The first-order valence-corrected chi connectivity index (χ1v) is 8.29. The largest absolute Gasteiger partial charge is 0.0620 e. The van der Waals surface area contributed by atoms with E-state index in [4.69, 9.17) is 0 Å². The van der Waals surface area contributed by atoms with Crippen LogP contribution in [0.1, 0.15) is 55.4 Å². The summed E-state index contributed by atoms with van der Waals surface area (Å²) in [6.45, 7) is 20.2. The van der Waals surface area contributed by atoms with Gasteiger partial charge >= 0.3 is 0 Å². The maximum absolute atomic E-state index is 2.54. The Hall–Kier alpha value is 0. The fourth-order valence-electron chi connectivity index (χ4n) is 5.68. The third kappa shape index (κ3) is 1.86.